The Labute approximate surface area is 188 Å². The Hall–Kier alpha value is -2.57. The van der Waals surface area contributed by atoms with Crippen LogP contribution in [0.25, 0.3) is 0 Å². The molecule has 0 fully saturated rings. The van der Waals surface area contributed by atoms with Crippen LogP contribution in [0.4, 0.5) is 4.79 Å². The second-order valence-corrected chi connectivity index (χ2v) is 9.42. The van der Waals surface area contributed by atoms with Gasteiger partial charge in [0.1, 0.15) is 5.60 Å². The largest absolute Gasteiger partial charge is 0.444 e. The number of hydrogen-bond donors (Lipinski definition) is 1. The quantitative estimate of drug-likeness (QED) is 0.721. The van der Waals surface area contributed by atoms with Crippen LogP contribution in [0.3, 0.4) is 0 Å². The van der Waals surface area contributed by atoms with Gasteiger partial charge >= 0.3 is 6.09 Å². The van der Waals surface area contributed by atoms with E-state index in [9.17, 15) is 4.79 Å². The van der Waals surface area contributed by atoms with Crippen molar-refractivity contribution in [1.82, 2.24) is 20.3 Å². The zero-order valence-corrected chi connectivity index (χ0v) is 19.0. The molecule has 2 aliphatic rings. The van der Waals surface area contributed by atoms with Crippen molar-refractivity contribution in [1.29, 1.82) is 0 Å². The van der Waals surface area contributed by atoms with Crippen LogP contribution < -0.4 is 5.43 Å². The number of amides is 1. The number of carbonyl (C=O) groups is 1. The fourth-order valence-corrected chi connectivity index (χ4v) is 4.24. The minimum atomic E-state index is -0.497. The molecule has 1 aromatic heterocycles. The molecule has 2 aliphatic heterocycles. The van der Waals surface area contributed by atoms with Gasteiger partial charge in [-0.15, -0.1) is 0 Å². The number of benzene rings is 1. The minimum absolute atomic E-state index is 0.0628. The molecule has 0 saturated heterocycles. The second-order valence-electron chi connectivity index (χ2n) is 8.99. The molecular formula is C24H29ClN4O2. The Morgan fingerprint density at radius 3 is 2.58 bits per heavy atom. The molecule has 2 aromatic rings. The number of hydrogen-bond acceptors (Lipinski definition) is 5. The second kappa shape index (κ2) is 8.89. The smallest absolute Gasteiger partial charge is 0.410 e. The van der Waals surface area contributed by atoms with Gasteiger partial charge in [0.05, 0.1) is 18.3 Å². The van der Waals surface area contributed by atoms with E-state index >= 15 is 0 Å². The summed E-state index contributed by atoms with van der Waals surface area (Å²) < 4.78 is 5.59. The number of carbonyl (C=O) groups excluding carboxylic acids is 1. The van der Waals surface area contributed by atoms with Gasteiger partial charge in [-0.1, -0.05) is 29.8 Å². The SMILES string of the molecule is CC(C)(C)OC(=O)N1CCC2=C(CC1)C(c1ccc(Cl)cc1)N(Cc1ccccn1)N2. The fraction of sp³-hybridized carbons (Fsp3) is 0.417. The highest BCUT2D eigenvalue weighted by Crippen LogP contribution is 2.39. The first kappa shape index (κ1) is 21.7. The summed E-state index contributed by atoms with van der Waals surface area (Å²) in [5.74, 6) is 0. The van der Waals surface area contributed by atoms with Gasteiger partial charge in [0.25, 0.3) is 0 Å². The Bertz CT molecular complexity index is 954. The van der Waals surface area contributed by atoms with Crippen molar-refractivity contribution < 1.29 is 9.53 Å². The zero-order valence-electron chi connectivity index (χ0n) is 18.3. The molecule has 0 aliphatic carbocycles. The summed E-state index contributed by atoms with van der Waals surface area (Å²) in [5, 5.41) is 2.96. The lowest BCUT2D eigenvalue weighted by Gasteiger charge is -2.30. The number of nitrogens with zero attached hydrogens (tertiary/aromatic N) is 3. The minimum Gasteiger partial charge on any atom is -0.444 e. The molecule has 1 amide bonds. The third-order valence-corrected chi connectivity index (χ3v) is 5.74. The molecule has 7 heteroatoms. The number of pyridine rings is 1. The summed E-state index contributed by atoms with van der Waals surface area (Å²) in [5.41, 5.74) is 7.78. The van der Waals surface area contributed by atoms with E-state index < -0.39 is 5.60 Å². The molecule has 0 radical (unpaired) electrons. The molecule has 6 nitrogen and oxygen atoms in total. The third kappa shape index (κ3) is 5.20. The fourth-order valence-electron chi connectivity index (χ4n) is 4.11. The van der Waals surface area contributed by atoms with Gasteiger partial charge in [0.15, 0.2) is 0 Å². The van der Waals surface area contributed by atoms with Gasteiger partial charge in [-0.2, -0.15) is 0 Å². The summed E-state index contributed by atoms with van der Waals surface area (Å²) >= 11 is 6.15. The zero-order chi connectivity index (χ0) is 22.0. The van der Waals surface area contributed by atoms with Crippen molar-refractivity contribution >= 4 is 17.7 Å². The van der Waals surface area contributed by atoms with Gasteiger partial charge in [-0.25, -0.2) is 9.80 Å². The van der Waals surface area contributed by atoms with Crippen molar-refractivity contribution in [3.05, 3.63) is 76.2 Å². The molecule has 1 unspecified atom stereocenters. The number of nitrogens with one attached hydrogen (secondary N) is 1. The summed E-state index contributed by atoms with van der Waals surface area (Å²) in [6, 6.07) is 14.0. The normalized spacial score (nSPS) is 19.6. The van der Waals surface area contributed by atoms with Crippen LogP contribution in [-0.2, 0) is 11.3 Å². The molecule has 1 aromatic carbocycles. The van der Waals surface area contributed by atoms with Gasteiger partial charge in [-0.3, -0.25) is 4.98 Å². The van der Waals surface area contributed by atoms with Crippen LogP contribution in [0.5, 0.6) is 0 Å². The first-order valence-corrected chi connectivity index (χ1v) is 11.1. The van der Waals surface area contributed by atoms with Crippen LogP contribution in [0.1, 0.15) is 50.9 Å². The lowest BCUT2D eigenvalue weighted by Crippen LogP contribution is -2.39. The van der Waals surface area contributed by atoms with E-state index in [1.54, 1.807) is 0 Å². The van der Waals surface area contributed by atoms with Crippen LogP contribution in [-0.4, -0.2) is 39.7 Å². The van der Waals surface area contributed by atoms with Gasteiger partial charge in [0.2, 0.25) is 0 Å². The Balaban J connectivity index is 1.56. The van der Waals surface area contributed by atoms with E-state index in [1.165, 1.54) is 16.8 Å². The molecule has 4 rings (SSSR count). The van der Waals surface area contributed by atoms with Crippen LogP contribution in [0, 0.1) is 0 Å². The van der Waals surface area contributed by atoms with E-state index in [0.717, 1.165) is 23.6 Å². The summed E-state index contributed by atoms with van der Waals surface area (Å²) in [6.45, 7) is 7.64. The summed E-state index contributed by atoms with van der Waals surface area (Å²) in [6.07, 6.45) is 3.12. The maximum Gasteiger partial charge on any atom is 0.410 e. The van der Waals surface area contributed by atoms with Crippen LogP contribution in [0.2, 0.25) is 5.02 Å². The van der Waals surface area contributed by atoms with Gasteiger partial charge in [0, 0.05) is 36.4 Å². The maximum absolute atomic E-state index is 12.6. The van der Waals surface area contributed by atoms with Crippen LogP contribution in [0.15, 0.2) is 59.9 Å². The molecule has 0 saturated carbocycles. The predicted molar refractivity (Wildman–Crippen MR) is 121 cm³/mol. The molecular weight excluding hydrogens is 412 g/mol. The predicted octanol–water partition coefficient (Wildman–Crippen LogP) is 5.08. The van der Waals surface area contributed by atoms with Crippen molar-refractivity contribution in [2.75, 3.05) is 13.1 Å². The molecule has 1 atom stereocenters. The average Bonchev–Trinajstić information content (AvgIpc) is 2.91. The van der Waals surface area contributed by atoms with E-state index in [4.69, 9.17) is 16.3 Å². The lowest BCUT2D eigenvalue weighted by atomic mass is 9.95. The van der Waals surface area contributed by atoms with E-state index in [-0.39, 0.29) is 12.1 Å². The van der Waals surface area contributed by atoms with Crippen molar-refractivity contribution in [3.8, 4) is 0 Å². The van der Waals surface area contributed by atoms with E-state index in [2.05, 4.69) is 27.6 Å². The highest BCUT2D eigenvalue weighted by molar-refractivity contribution is 6.30. The molecule has 0 spiro atoms. The number of ether oxygens (including phenoxy) is 1. The monoisotopic (exact) mass is 440 g/mol. The highest BCUT2D eigenvalue weighted by Gasteiger charge is 2.36. The molecule has 3 heterocycles. The van der Waals surface area contributed by atoms with Crippen molar-refractivity contribution in [2.45, 2.75) is 51.8 Å². The first-order chi connectivity index (χ1) is 14.8. The number of aromatic nitrogens is 1. The summed E-state index contributed by atoms with van der Waals surface area (Å²) in [4.78, 5) is 18.9. The van der Waals surface area contributed by atoms with E-state index in [1.807, 2.05) is 62.2 Å². The van der Waals surface area contributed by atoms with Crippen molar-refractivity contribution in [3.63, 3.8) is 0 Å². The van der Waals surface area contributed by atoms with Gasteiger partial charge < -0.3 is 15.1 Å². The maximum atomic E-state index is 12.6. The number of hydrazine groups is 1. The molecule has 1 N–H and O–H groups in total. The third-order valence-electron chi connectivity index (χ3n) is 5.49. The molecule has 164 valence electrons. The standard InChI is InChI=1S/C24H29ClN4O2/c1-24(2,3)31-23(30)28-14-11-20-21(12-15-28)27-29(16-19-6-4-5-13-26-19)22(20)17-7-9-18(25)10-8-17/h4-10,13,22,27H,11-12,14-16H2,1-3H3. The number of halogens is 1. The van der Waals surface area contributed by atoms with Gasteiger partial charge in [-0.05, 0) is 62.6 Å². The lowest BCUT2D eigenvalue weighted by molar-refractivity contribution is 0.0253. The molecule has 31 heavy (non-hydrogen) atoms. The highest BCUT2D eigenvalue weighted by atomic mass is 35.5. The molecule has 0 bridgehead atoms. The topological polar surface area (TPSA) is 57.7 Å². The van der Waals surface area contributed by atoms with E-state index in [0.29, 0.717) is 19.6 Å². The van der Waals surface area contributed by atoms with Crippen LogP contribution >= 0.6 is 11.6 Å². The number of rotatable bonds is 3. The summed E-state index contributed by atoms with van der Waals surface area (Å²) in [7, 11) is 0. The average molecular weight is 441 g/mol. The Morgan fingerprint density at radius 2 is 1.90 bits per heavy atom. The Morgan fingerprint density at radius 1 is 1.16 bits per heavy atom. The first-order valence-electron chi connectivity index (χ1n) is 10.7. The van der Waals surface area contributed by atoms with Crippen molar-refractivity contribution in [2.24, 2.45) is 0 Å². The Kier molecular flexibility index (Phi) is 6.21.